The van der Waals surface area contributed by atoms with Crippen LogP contribution in [0.1, 0.15) is 11.1 Å². The molecule has 3 heterocycles. The summed E-state index contributed by atoms with van der Waals surface area (Å²) in [5, 5.41) is 26.1. The summed E-state index contributed by atoms with van der Waals surface area (Å²) in [4.78, 5) is 17.1. The van der Waals surface area contributed by atoms with Crippen molar-refractivity contribution in [1.29, 1.82) is 10.5 Å². The van der Waals surface area contributed by atoms with Gasteiger partial charge >= 0.3 is 0 Å². The van der Waals surface area contributed by atoms with Crippen LogP contribution in [-0.2, 0) is 0 Å². The van der Waals surface area contributed by atoms with E-state index in [1.54, 1.807) is 60.7 Å². The average Bonchev–Trinajstić information content (AvgIpc) is 3.95. The highest BCUT2D eigenvalue weighted by molar-refractivity contribution is 6.12. The average molecular weight is 891 g/mol. The van der Waals surface area contributed by atoms with Crippen LogP contribution >= 0.6 is 0 Å². The molecule has 0 fully saturated rings. The standard InChI is InChI=1S/C62H34N8/c1-65-53-18-8-3-16-50(53)55-36-56(68-62(67-55)51-17-4-9-19-54(51)66-2)61-43(37-63)33-42(34-44(61)38-64)41-25-23-39(24-26-41)40-27-29-45(30-28-40)69-59-22-12-7-15-49(59)52-35-46(31-32-60(52)69)70-57-20-10-5-13-47(57)48-14-6-11-21-58(48)70/h3-36H. The molecule has 70 heavy (non-hydrogen) atoms. The lowest BCUT2D eigenvalue weighted by atomic mass is 9.92. The lowest BCUT2D eigenvalue weighted by Crippen LogP contribution is -2.00. The van der Waals surface area contributed by atoms with Crippen LogP contribution in [-0.4, -0.2) is 19.1 Å². The monoisotopic (exact) mass is 890 g/mol. The maximum atomic E-state index is 10.6. The number of fused-ring (bicyclic) bond motifs is 6. The van der Waals surface area contributed by atoms with Gasteiger partial charge in [0.2, 0.25) is 0 Å². The zero-order chi connectivity index (χ0) is 47.3. The summed E-state index contributed by atoms with van der Waals surface area (Å²) in [5.74, 6) is 0.250. The normalized spacial score (nSPS) is 11.1. The third kappa shape index (κ3) is 6.73. The molecule has 8 heteroatoms. The zero-order valence-electron chi connectivity index (χ0n) is 37.2. The second-order valence-electron chi connectivity index (χ2n) is 16.9. The Morgan fingerprint density at radius 1 is 0.386 bits per heavy atom. The molecule has 322 valence electrons. The van der Waals surface area contributed by atoms with E-state index in [1.165, 1.54) is 32.6 Å². The van der Waals surface area contributed by atoms with Crippen LogP contribution in [0.4, 0.5) is 11.4 Å². The van der Waals surface area contributed by atoms with Crippen molar-refractivity contribution < 1.29 is 0 Å². The fourth-order valence-electron chi connectivity index (χ4n) is 9.88. The van der Waals surface area contributed by atoms with E-state index < -0.39 is 0 Å². The largest absolute Gasteiger partial charge is 0.309 e. The molecule has 0 N–H and O–H groups in total. The van der Waals surface area contributed by atoms with Gasteiger partial charge in [0, 0.05) is 49.6 Å². The quantitative estimate of drug-likeness (QED) is 0.149. The minimum absolute atomic E-state index is 0.250. The number of hydrogen-bond donors (Lipinski definition) is 0. The summed E-state index contributed by atoms with van der Waals surface area (Å²) in [6.45, 7) is 15.6. The zero-order valence-corrected chi connectivity index (χ0v) is 37.2. The van der Waals surface area contributed by atoms with Gasteiger partial charge in [-0.05, 0) is 89.0 Å². The lowest BCUT2D eigenvalue weighted by molar-refractivity contribution is 1.17. The Morgan fingerprint density at radius 2 is 0.814 bits per heavy atom. The van der Waals surface area contributed by atoms with Crippen molar-refractivity contribution in [3.63, 3.8) is 0 Å². The predicted octanol–water partition coefficient (Wildman–Crippen LogP) is 15.9. The van der Waals surface area contributed by atoms with E-state index in [9.17, 15) is 10.5 Å². The van der Waals surface area contributed by atoms with Crippen LogP contribution in [0.3, 0.4) is 0 Å². The molecule has 12 rings (SSSR count). The first kappa shape index (κ1) is 41.1. The Balaban J connectivity index is 0.885. The van der Waals surface area contributed by atoms with E-state index in [4.69, 9.17) is 23.1 Å². The molecule has 0 bridgehead atoms. The molecule has 0 spiro atoms. The molecule has 0 atom stereocenters. The molecule has 0 aliphatic heterocycles. The van der Waals surface area contributed by atoms with Gasteiger partial charge in [-0.15, -0.1) is 0 Å². The van der Waals surface area contributed by atoms with Gasteiger partial charge in [0.15, 0.2) is 11.4 Å². The molecule has 0 saturated heterocycles. The minimum Gasteiger partial charge on any atom is -0.309 e. The molecule has 0 aliphatic rings. The van der Waals surface area contributed by atoms with Crippen LogP contribution in [0.15, 0.2) is 206 Å². The van der Waals surface area contributed by atoms with Crippen LogP contribution in [0, 0.1) is 35.8 Å². The molecule has 0 amide bonds. The van der Waals surface area contributed by atoms with E-state index in [0.717, 1.165) is 39.1 Å². The summed E-state index contributed by atoms with van der Waals surface area (Å²) < 4.78 is 4.69. The van der Waals surface area contributed by atoms with E-state index in [2.05, 4.69) is 158 Å². The first-order valence-corrected chi connectivity index (χ1v) is 22.6. The van der Waals surface area contributed by atoms with Crippen molar-refractivity contribution in [2.45, 2.75) is 0 Å². The Hall–Kier alpha value is -10.4. The van der Waals surface area contributed by atoms with Crippen molar-refractivity contribution in [2.75, 3.05) is 0 Å². The van der Waals surface area contributed by atoms with Gasteiger partial charge in [0.05, 0.1) is 69.9 Å². The molecule has 3 aromatic heterocycles. The number of nitrogens with zero attached hydrogens (tertiary/aromatic N) is 8. The van der Waals surface area contributed by atoms with Crippen LogP contribution in [0.2, 0.25) is 0 Å². The molecule has 0 saturated carbocycles. The SMILES string of the molecule is [C-]#[N+]c1ccccc1-c1cc(-c2c(C#N)cc(-c3ccc(-c4ccc(-n5c6ccccc6c6cc(-n7c8ccccc8c8ccccc87)ccc65)cc4)cc3)cc2C#N)nc(-c2ccccc2[N+]#[C-])n1. The van der Waals surface area contributed by atoms with E-state index in [1.807, 2.05) is 18.2 Å². The predicted molar refractivity (Wildman–Crippen MR) is 280 cm³/mol. The van der Waals surface area contributed by atoms with Gasteiger partial charge in [0.25, 0.3) is 0 Å². The fraction of sp³-hybridized carbons (Fsp3) is 0. The maximum Gasteiger partial charge on any atom is 0.198 e. The Kier molecular flexibility index (Phi) is 9.86. The van der Waals surface area contributed by atoms with Crippen LogP contribution in [0.5, 0.6) is 0 Å². The highest BCUT2D eigenvalue weighted by Crippen LogP contribution is 2.40. The van der Waals surface area contributed by atoms with Crippen LogP contribution in [0.25, 0.3) is 121 Å². The Bertz CT molecular complexity index is 4120. The third-order valence-electron chi connectivity index (χ3n) is 13.1. The molecule has 8 nitrogen and oxygen atoms in total. The van der Waals surface area contributed by atoms with Gasteiger partial charge in [0.1, 0.15) is 5.82 Å². The number of rotatable bonds is 7. The molecular formula is C62H34N8. The van der Waals surface area contributed by atoms with Gasteiger partial charge in [-0.2, -0.15) is 10.5 Å². The van der Waals surface area contributed by atoms with Crippen molar-refractivity contribution >= 4 is 55.0 Å². The molecular weight excluding hydrogens is 857 g/mol. The summed E-state index contributed by atoms with van der Waals surface area (Å²) in [5.41, 5.74) is 13.9. The van der Waals surface area contributed by atoms with Crippen molar-refractivity contribution in [3.05, 3.63) is 240 Å². The smallest absolute Gasteiger partial charge is 0.198 e. The summed E-state index contributed by atoms with van der Waals surface area (Å²) in [7, 11) is 0. The second-order valence-corrected chi connectivity index (χ2v) is 16.9. The summed E-state index contributed by atoms with van der Waals surface area (Å²) in [6, 6.07) is 73.3. The highest BCUT2D eigenvalue weighted by Gasteiger charge is 2.21. The topological polar surface area (TPSA) is 91.9 Å². The van der Waals surface area contributed by atoms with Crippen molar-refractivity contribution in [2.24, 2.45) is 0 Å². The number of hydrogen-bond acceptors (Lipinski definition) is 4. The van der Waals surface area contributed by atoms with Crippen LogP contribution < -0.4 is 0 Å². The Labute approximate surface area is 402 Å². The van der Waals surface area contributed by atoms with Gasteiger partial charge in [-0.25, -0.2) is 19.7 Å². The van der Waals surface area contributed by atoms with Gasteiger partial charge in [-0.1, -0.05) is 140 Å². The second kappa shape index (κ2) is 16.8. The number of para-hydroxylation sites is 5. The van der Waals surface area contributed by atoms with E-state index in [-0.39, 0.29) is 17.0 Å². The summed E-state index contributed by atoms with van der Waals surface area (Å²) >= 11 is 0. The minimum atomic E-state index is 0.250. The molecule has 0 aliphatic carbocycles. The van der Waals surface area contributed by atoms with E-state index >= 15 is 0 Å². The summed E-state index contributed by atoms with van der Waals surface area (Å²) in [6.07, 6.45) is 0. The highest BCUT2D eigenvalue weighted by atomic mass is 15.0. The van der Waals surface area contributed by atoms with Crippen molar-refractivity contribution in [1.82, 2.24) is 19.1 Å². The number of aromatic nitrogens is 4. The van der Waals surface area contributed by atoms with E-state index in [0.29, 0.717) is 45.0 Å². The molecule has 12 aromatic rings. The Morgan fingerprint density at radius 3 is 1.39 bits per heavy atom. The fourth-order valence-corrected chi connectivity index (χ4v) is 9.88. The number of nitriles is 2. The van der Waals surface area contributed by atoms with Gasteiger partial charge < -0.3 is 9.13 Å². The lowest BCUT2D eigenvalue weighted by Gasteiger charge is -2.14. The first-order valence-electron chi connectivity index (χ1n) is 22.6. The van der Waals surface area contributed by atoms with Gasteiger partial charge in [-0.3, -0.25) is 0 Å². The number of benzene rings is 9. The first-order chi connectivity index (χ1) is 34.5. The van der Waals surface area contributed by atoms with Crippen molar-refractivity contribution in [3.8, 4) is 79.7 Å². The molecule has 0 radical (unpaired) electrons. The third-order valence-corrected chi connectivity index (χ3v) is 13.1. The molecule has 9 aromatic carbocycles. The molecule has 0 unspecified atom stereocenters. The maximum absolute atomic E-state index is 10.6.